The Morgan fingerprint density at radius 2 is 1.65 bits per heavy atom. The standard InChI is InChI=1S/C27H33NO3/c1-6-18(3)21-9-11-22(12-10-21)25(7-2)28-27(29)26-15-14-24(31-26)17-30-23-13-8-19(4)20(5)16-23/h8-16,18,25H,6-7,17H2,1-5H3,(H,28,29). The molecule has 164 valence electrons. The molecule has 1 heterocycles. The molecule has 0 aliphatic rings. The molecule has 0 aliphatic carbocycles. The highest BCUT2D eigenvalue weighted by Crippen LogP contribution is 2.23. The molecule has 0 radical (unpaired) electrons. The second kappa shape index (κ2) is 10.3. The van der Waals surface area contributed by atoms with Crippen LogP contribution >= 0.6 is 0 Å². The van der Waals surface area contributed by atoms with Gasteiger partial charge in [-0.3, -0.25) is 4.79 Å². The maximum Gasteiger partial charge on any atom is 0.287 e. The van der Waals surface area contributed by atoms with Crippen LogP contribution in [0.2, 0.25) is 0 Å². The summed E-state index contributed by atoms with van der Waals surface area (Å²) < 4.78 is 11.5. The van der Waals surface area contributed by atoms with Gasteiger partial charge in [0.05, 0.1) is 6.04 Å². The van der Waals surface area contributed by atoms with Crippen molar-refractivity contribution in [3.8, 4) is 5.75 Å². The number of hydrogen-bond acceptors (Lipinski definition) is 3. The van der Waals surface area contributed by atoms with Crippen LogP contribution in [0.4, 0.5) is 0 Å². The Balaban J connectivity index is 1.60. The number of rotatable bonds is 9. The SMILES string of the molecule is CCC(C)c1ccc(C(CC)NC(=O)c2ccc(COc3ccc(C)c(C)c3)o2)cc1. The lowest BCUT2D eigenvalue weighted by Gasteiger charge is -2.18. The third-order valence-electron chi connectivity index (χ3n) is 5.98. The van der Waals surface area contributed by atoms with Crippen LogP contribution in [0, 0.1) is 13.8 Å². The van der Waals surface area contributed by atoms with Crippen molar-refractivity contribution in [2.24, 2.45) is 0 Å². The van der Waals surface area contributed by atoms with Crippen LogP contribution < -0.4 is 10.1 Å². The zero-order valence-electron chi connectivity index (χ0n) is 19.2. The lowest BCUT2D eigenvalue weighted by molar-refractivity contribution is 0.0903. The molecule has 31 heavy (non-hydrogen) atoms. The molecule has 0 spiro atoms. The van der Waals surface area contributed by atoms with E-state index in [9.17, 15) is 4.79 Å². The maximum absolute atomic E-state index is 12.7. The van der Waals surface area contributed by atoms with Gasteiger partial charge in [0.2, 0.25) is 0 Å². The Kier molecular flexibility index (Phi) is 7.56. The number of carbonyl (C=O) groups is 1. The Labute approximate surface area is 185 Å². The number of nitrogens with one attached hydrogen (secondary N) is 1. The Bertz CT molecular complexity index is 1000. The van der Waals surface area contributed by atoms with Gasteiger partial charge >= 0.3 is 0 Å². The predicted molar refractivity (Wildman–Crippen MR) is 125 cm³/mol. The highest BCUT2D eigenvalue weighted by atomic mass is 16.5. The van der Waals surface area contributed by atoms with Crippen molar-refractivity contribution in [1.82, 2.24) is 5.32 Å². The topological polar surface area (TPSA) is 51.5 Å². The van der Waals surface area contributed by atoms with E-state index >= 15 is 0 Å². The highest BCUT2D eigenvalue weighted by Gasteiger charge is 2.17. The molecule has 0 aliphatic heterocycles. The minimum atomic E-state index is -0.213. The summed E-state index contributed by atoms with van der Waals surface area (Å²) >= 11 is 0. The quantitative estimate of drug-likeness (QED) is 0.412. The summed E-state index contributed by atoms with van der Waals surface area (Å²) in [5, 5.41) is 3.09. The van der Waals surface area contributed by atoms with Crippen molar-refractivity contribution in [3.63, 3.8) is 0 Å². The van der Waals surface area contributed by atoms with Gasteiger partial charge in [-0.1, -0.05) is 51.1 Å². The van der Waals surface area contributed by atoms with Crippen molar-refractivity contribution in [2.75, 3.05) is 0 Å². The summed E-state index contributed by atoms with van der Waals surface area (Å²) in [6, 6.07) is 18.0. The minimum Gasteiger partial charge on any atom is -0.486 e. The van der Waals surface area contributed by atoms with Crippen molar-refractivity contribution >= 4 is 5.91 Å². The lowest BCUT2D eigenvalue weighted by Crippen LogP contribution is -2.27. The highest BCUT2D eigenvalue weighted by molar-refractivity contribution is 5.91. The van der Waals surface area contributed by atoms with Crippen molar-refractivity contribution in [3.05, 3.63) is 88.4 Å². The van der Waals surface area contributed by atoms with Gasteiger partial charge in [-0.15, -0.1) is 0 Å². The summed E-state index contributed by atoms with van der Waals surface area (Å²) in [5.74, 6) is 2.03. The molecule has 2 aromatic carbocycles. The third-order valence-corrected chi connectivity index (χ3v) is 5.98. The van der Waals surface area contributed by atoms with Gasteiger partial charge in [0, 0.05) is 0 Å². The number of benzene rings is 2. The Morgan fingerprint density at radius 3 is 2.29 bits per heavy atom. The predicted octanol–water partition coefficient (Wildman–Crippen LogP) is 6.87. The molecule has 0 fully saturated rings. The largest absolute Gasteiger partial charge is 0.486 e. The molecule has 4 nitrogen and oxygen atoms in total. The average Bonchev–Trinajstić information content (AvgIpc) is 3.27. The van der Waals surface area contributed by atoms with Gasteiger partial charge in [0.25, 0.3) is 5.91 Å². The van der Waals surface area contributed by atoms with Gasteiger partial charge in [0.15, 0.2) is 5.76 Å². The van der Waals surface area contributed by atoms with E-state index in [1.165, 1.54) is 16.7 Å². The van der Waals surface area contributed by atoms with Gasteiger partial charge in [0.1, 0.15) is 18.1 Å². The van der Waals surface area contributed by atoms with Crippen LogP contribution in [-0.2, 0) is 6.61 Å². The Morgan fingerprint density at radius 1 is 0.935 bits per heavy atom. The van der Waals surface area contributed by atoms with E-state index in [4.69, 9.17) is 9.15 Å². The van der Waals surface area contributed by atoms with E-state index in [1.807, 2.05) is 18.2 Å². The monoisotopic (exact) mass is 419 g/mol. The van der Waals surface area contributed by atoms with E-state index in [1.54, 1.807) is 12.1 Å². The molecule has 0 bridgehead atoms. The fraction of sp³-hybridized carbons (Fsp3) is 0.370. The number of ether oxygens (including phenoxy) is 1. The molecule has 3 aromatic rings. The molecule has 2 atom stereocenters. The van der Waals surface area contributed by atoms with Gasteiger partial charge in [-0.2, -0.15) is 0 Å². The molecular formula is C27H33NO3. The van der Waals surface area contributed by atoms with Gasteiger partial charge in [-0.05, 0) is 79.1 Å². The number of amides is 1. The van der Waals surface area contributed by atoms with Crippen molar-refractivity contribution in [1.29, 1.82) is 0 Å². The molecule has 0 saturated heterocycles. The minimum absolute atomic E-state index is 0.0567. The number of aryl methyl sites for hydroxylation is 2. The zero-order valence-corrected chi connectivity index (χ0v) is 19.2. The first kappa shape index (κ1) is 22.7. The molecule has 1 amide bonds. The van der Waals surface area contributed by atoms with Crippen molar-refractivity contribution in [2.45, 2.75) is 66.0 Å². The van der Waals surface area contributed by atoms with Gasteiger partial charge in [-0.25, -0.2) is 0 Å². The molecule has 3 rings (SSSR count). The van der Waals surface area contributed by atoms with Crippen LogP contribution in [0.5, 0.6) is 5.75 Å². The first-order chi connectivity index (χ1) is 14.9. The second-order valence-corrected chi connectivity index (χ2v) is 8.21. The average molecular weight is 420 g/mol. The zero-order chi connectivity index (χ0) is 22.4. The van der Waals surface area contributed by atoms with E-state index < -0.39 is 0 Å². The molecule has 0 saturated carbocycles. The normalized spacial score (nSPS) is 12.9. The second-order valence-electron chi connectivity index (χ2n) is 8.21. The van der Waals surface area contributed by atoms with E-state index in [2.05, 4.69) is 64.2 Å². The number of furan rings is 1. The molecule has 1 N–H and O–H groups in total. The molecule has 4 heteroatoms. The van der Waals surface area contributed by atoms with Crippen LogP contribution in [0.15, 0.2) is 59.0 Å². The van der Waals surface area contributed by atoms with E-state index in [0.29, 0.717) is 17.4 Å². The number of hydrogen-bond donors (Lipinski definition) is 1. The summed E-state index contributed by atoms with van der Waals surface area (Å²) in [7, 11) is 0. The molecule has 2 unspecified atom stereocenters. The summed E-state index contributed by atoms with van der Waals surface area (Å²) in [6.45, 7) is 10.9. The fourth-order valence-electron chi connectivity index (χ4n) is 3.48. The summed E-state index contributed by atoms with van der Waals surface area (Å²) in [5.41, 5.74) is 4.84. The van der Waals surface area contributed by atoms with Crippen LogP contribution in [0.25, 0.3) is 0 Å². The summed E-state index contributed by atoms with van der Waals surface area (Å²) in [4.78, 5) is 12.7. The number of carbonyl (C=O) groups excluding carboxylic acids is 1. The maximum atomic E-state index is 12.7. The van der Waals surface area contributed by atoms with Crippen LogP contribution in [-0.4, -0.2) is 5.91 Å². The van der Waals surface area contributed by atoms with Crippen molar-refractivity contribution < 1.29 is 13.9 Å². The third kappa shape index (κ3) is 5.78. The van der Waals surface area contributed by atoms with E-state index in [0.717, 1.165) is 24.2 Å². The van der Waals surface area contributed by atoms with Crippen LogP contribution in [0.1, 0.15) is 84.1 Å². The smallest absolute Gasteiger partial charge is 0.287 e. The molecular weight excluding hydrogens is 386 g/mol. The van der Waals surface area contributed by atoms with Crippen LogP contribution in [0.3, 0.4) is 0 Å². The lowest BCUT2D eigenvalue weighted by atomic mass is 9.95. The first-order valence-corrected chi connectivity index (χ1v) is 11.1. The Hall–Kier alpha value is -3.01. The first-order valence-electron chi connectivity index (χ1n) is 11.1. The fourth-order valence-corrected chi connectivity index (χ4v) is 3.48. The van der Waals surface area contributed by atoms with Gasteiger partial charge < -0.3 is 14.5 Å². The van der Waals surface area contributed by atoms with E-state index in [-0.39, 0.29) is 18.6 Å². The summed E-state index contributed by atoms with van der Waals surface area (Å²) in [6.07, 6.45) is 1.92. The molecule has 1 aromatic heterocycles.